The second-order valence-electron chi connectivity index (χ2n) is 4.34. The van der Waals surface area contributed by atoms with Crippen molar-refractivity contribution in [3.05, 3.63) is 106 Å². The van der Waals surface area contributed by atoms with Crippen molar-refractivity contribution >= 4 is 22.8 Å². The van der Waals surface area contributed by atoms with Gasteiger partial charge in [-0.1, -0.05) is 30.4 Å². The molecule has 0 heterocycles. The first-order valence-electron chi connectivity index (χ1n) is 6.77. The molecule has 0 saturated heterocycles. The summed E-state index contributed by atoms with van der Waals surface area (Å²) < 4.78 is 0. The molecule has 3 rings (SSSR count). The number of allylic oxidation sites excluding steroid dienone is 1. The Morgan fingerprint density at radius 3 is 1.91 bits per heavy atom. The Balaban J connectivity index is 0.000000344. The third kappa shape index (κ3) is 7.58. The molecule has 1 aromatic carbocycles. The zero-order chi connectivity index (χ0) is 14.8. The predicted molar refractivity (Wildman–Crippen MR) is 93.7 cm³/mol. The minimum Gasteiger partial charge on any atom is -0.362 e. The van der Waals surface area contributed by atoms with Gasteiger partial charge in [0.1, 0.15) is 0 Å². The van der Waals surface area contributed by atoms with Gasteiger partial charge in [0.2, 0.25) is 0 Å². The second-order valence-corrected chi connectivity index (χ2v) is 4.78. The Kier molecular flexibility index (Phi) is 10.5. The minimum atomic E-state index is 0. The fraction of sp³-hybridized carbons (Fsp3) is 0. The first-order chi connectivity index (χ1) is 10.4. The number of rotatable bonds is 4. The zero-order valence-corrected chi connectivity index (χ0v) is 13.9. The molecule has 10 radical (unpaired) electrons. The van der Waals surface area contributed by atoms with Crippen LogP contribution in [0.25, 0.3) is 0 Å². The standard InChI is InChI=1S/C14H12NS.C5H5.Fe/c16-14(12-6-4-5-7-12)10-11-15-13-8-2-1-3-9-13;1-2-4-5-3-1;/h1-11,15H;1-5H;/b11-10-;;. The number of para-hydroxylation sites is 1. The molecule has 2 aliphatic carbocycles. The molecule has 0 aromatic heterocycles. The quantitative estimate of drug-likeness (QED) is 0.492. The summed E-state index contributed by atoms with van der Waals surface area (Å²) >= 11 is 5.26. The van der Waals surface area contributed by atoms with E-state index >= 15 is 0 Å². The Labute approximate surface area is 151 Å². The molecule has 0 bridgehead atoms. The summed E-state index contributed by atoms with van der Waals surface area (Å²) in [5, 5.41) is 3.17. The molecule has 22 heavy (non-hydrogen) atoms. The molecule has 1 N–H and O–H groups in total. The Morgan fingerprint density at radius 1 is 0.818 bits per heavy atom. The van der Waals surface area contributed by atoms with Crippen molar-refractivity contribution < 1.29 is 17.1 Å². The van der Waals surface area contributed by atoms with E-state index in [9.17, 15) is 0 Å². The van der Waals surface area contributed by atoms with Crippen LogP contribution in [0.1, 0.15) is 0 Å². The Hall–Kier alpha value is -0.631. The molecule has 0 aliphatic heterocycles. The molecular formula is C19H17FeNS. The van der Waals surface area contributed by atoms with Crippen molar-refractivity contribution in [3.63, 3.8) is 0 Å². The van der Waals surface area contributed by atoms with Gasteiger partial charge in [-0.3, -0.25) is 0 Å². The third-order valence-electron chi connectivity index (χ3n) is 2.76. The Bertz CT molecular complexity index is 426. The molecule has 0 spiro atoms. The van der Waals surface area contributed by atoms with E-state index in [1.165, 1.54) is 0 Å². The van der Waals surface area contributed by atoms with E-state index in [4.69, 9.17) is 12.2 Å². The van der Waals surface area contributed by atoms with Gasteiger partial charge in [-0.15, -0.1) is 0 Å². The smallest absolute Gasteiger partial charge is 0.0379 e. The molecular weight excluding hydrogens is 330 g/mol. The number of anilines is 1. The normalized spacial score (nSPS) is 17.6. The molecule has 2 saturated carbocycles. The fourth-order valence-corrected chi connectivity index (χ4v) is 1.91. The number of hydrogen-bond donors (Lipinski definition) is 1. The van der Waals surface area contributed by atoms with Gasteiger partial charge in [0.25, 0.3) is 0 Å². The Morgan fingerprint density at radius 2 is 1.36 bits per heavy atom. The predicted octanol–water partition coefficient (Wildman–Crippen LogP) is 4.41. The molecule has 0 amide bonds. The first-order valence-corrected chi connectivity index (χ1v) is 7.18. The summed E-state index contributed by atoms with van der Waals surface area (Å²) in [7, 11) is 0. The van der Waals surface area contributed by atoms with Crippen molar-refractivity contribution in [2.75, 3.05) is 5.32 Å². The summed E-state index contributed by atoms with van der Waals surface area (Å²) in [6.45, 7) is 0. The van der Waals surface area contributed by atoms with E-state index in [2.05, 4.69) is 5.32 Å². The van der Waals surface area contributed by atoms with Crippen LogP contribution in [0.2, 0.25) is 0 Å². The average molecular weight is 347 g/mol. The van der Waals surface area contributed by atoms with Gasteiger partial charge in [0.15, 0.2) is 0 Å². The van der Waals surface area contributed by atoms with Gasteiger partial charge in [0.05, 0.1) is 0 Å². The van der Waals surface area contributed by atoms with Gasteiger partial charge < -0.3 is 5.32 Å². The van der Waals surface area contributed by atoms with Gasteiger partial charge in [-0.2, -0.15) is 0 Å². The van der Waals surface area contributed by atoms with Gasteiger partial charge in [0, 0.05) is 39.7 Å². The SMILES string of the molecule is S=C(/C=C\Nc1ccccc1)[C]1[CH][CH][CH][CH]1.[CH]1[CH][CH][CH][CH]1.[Fe]. The summed E-state index contributed by atoms with van der Waals surface area (Å²) in [6.07, 6.45) is 21.8. The number of benzene rings is 1. The van der Waals surface area contributed by atoms with Crippen molar-refractivity contribution in [1.82, 2.24) is 0 Å². The maximum Gasteiger partial charge on any atom is 0.0379 e. The minimum absolute atomic E-state index is 0. The largest absolute Gasteiger partial charge is 0.362 e. The number of hydrogen-bond acceptors (Lipinski definition) is 2. The van der Waals surface area contributed by atoms with Crippen molar-refractivity contribution in [1.29, 1.82) is 0 Å². The molecule has 2 aliphatic rings. The maximum atomic E-state index is 5.26. The van der Waals surface area contributed by atoms with Crippen LogP contribution >= 0.6 is 12.2 Å². The van der Waals surface area contributed by atoms with E-state index in [0.29, 0.717) is 0 Å². The van der Waals surface area contributed by atoms with Gasteiger partial charge >= 0.3 is 0 Å². The van der Waals surface area contributed by atoms with E-state index in [1.807, 2.05) is 100 Å². The van der Waals surface area contributed by atoms with E-state index < -0.39 is 0 Å². The molecule has 1 aromatic rings. The van der Waals surface area contributed by atoms with Crippen molar-refractivity contribution in [3.8, 4) is 0 Å². The van der Waals surface area contributed by atoms with Crippen LogP contribution in [-0.2, 0) is 17.1 Å². The fourth-order valence-electron chi connectivity index (χ4n) is 1.70. The number of nitrogens with one attached hydrogen (secondary N) is 1. The third-order valence-corrected chi connectivity index (χ3v) is 3.13. The number of thiocarbonyl (C=S) groups is 1. The zero-order valence-electron chi connectivity index (χ0n) is 12.0. The van der Waals surface area contributed by atoms with Crippen LogP contribution in [0.3, 0.4) is 0 Å². The van der Waals surface area contributed by atoms with E-state index in [-0.39, 0.29) is 17.1 Å². The van der Waals surface area contributed by atoms with Crippen molar-refractivity contribution in [2.24, 2.45) is 0 Å². The van der Waals surface area contributed by atoms with Crippen LogP contribution in [0, 0.1) is 63.7 Å². The summed E-state index contributed by atoms with van der Waals surface area (Å²) in [6, 6.07) is 9.99. The second kappa shape index (κ2) is 11.9. The summed E-state index contributed by atoms with van der Waals surface area (Å²) in [5.41, 5.74) is 1.06. The van der Waals surface area contributed by atoms with Gasteiger partial charge in [-0.05, 0) is 76.0 Å². The van der Waals surface area contributed by atoms with Crippen LogP contribution in [0.5, 0.6) is 0 Å². The molecule has 3 heteroatoms. The molecule has 1 nitrogen and oxygen atoms in total. The van der Waals surface area contributed by atoms with Crippen LogP contribution in [-0.4, -0.2) is 4.86 Å². The summed E-state index contributed by atoms with van der Waals surface area (Å²) in [4.78, 5) is 0.841. The molecule has 112 valence electrons. The monoisotopic (exact) mass is 347 g/mol. The topological polar surface area (TPSA) is 12.0 Å². The molecule has 0 unspecified atom stereocenters. The van der Waals surface area contributed by atoms with Gasteiger partial charge in [-0.25, -0.2) is 0 Å². The first kappa shape index (κ1) is 19.4. The van der Waals surface area contributed by atoms with Crippen LogP contribution in [0.15, 0.2) is 42.6 Å². The van der Waals surface area contributed by atoms with E-state index in [1.54, 1.807) is 0 Å². The van der Waals surface area contributed by atoms with Crippen LogP contribution < -0.4 is 5.32 Å². The van der Waals surface area contributed by atoms with E-state index in [0.717, 1.165) is 16.5 Å². The molecule has 0 atom stereocenters. The maximum absolute atomic E-state index is 5.26. The van der Waals surface area contributed by atoms with Crippen molar-refractivity contribution in [2.45, 2.75) is 0 Å². The average Bonchev–Trinajstić information content (AvgIpc) is 3.24. The van der Waals surface area contributed by atoms with Crippen LogP contribution in [0.4, 0.5) is 5.69 Å². The molecule has 2 fully saturated rings. The summed E-state index contributed by atoms with van der Waals surface area (Å²) in [5.74, 6) is 1.08.